The largest absolute Gasteiger partial charge is 0.381 e. The SMILES string of the molecule is Cl.N#Cc1cnn2c(-c3cc(NC4CCOCC4)c(-c4nnc(C56CCC(N)(CC5)CC6)s4)cn3)ccc2c1. The van der Waals surface area contributed by atoms with E-state index in [2.05, 4.69) is 27.6 Å². The molecule has 11 heteroatoms. The van der Waals surface area contributed by atoms with Gasteiger partial charge in [-0.25, -0.2) is 4.52 Å². The van der Waals surface area contributed by atoms with Crippen LogP contribution in [0.25, 0.3) is 27.5 Å². The van der Waals surface area contributed by atoms with E-state index in [1.54, 1.807) is 17.5 Å². The molecule has 4 fully saturated rings. The highest BCUT2D eigenvalue weighted by Crippen LogP contribution is 2.53. The molecule has 39 heavy (non-hydrogen) atoms. The molecule has 4 aliphatic rings. The third kappa shape index (κ3) is 4.67. The number of nitriles is 1. The molecule has 3 saturated carbocycles. The van der Waals surface area contributed by atoms with Gasteiger partial charge in [0.15, 0.2) is 5.01 Å². The lowest BCUT2D eigenvalue weighted by molar-refractivity contribution is 0.0904. The summed E-state index contributed by atoms with van der Waals surface area (Å²) in [5.74, 6) is 0. The highest BCUT2D eigenvalue weighted by Gasteiger charge is 2.49. The van der Waals surface area contributed by atoms with Crippen molar-refractivity contribution in [3.63, 3.8) is 0 Å². The zero-order valence-electron chi connectivity index (χ0n) is 21.6. The number of ether oxygens (including phenoxy) is 1. The summed E-state index contributed by atoms with van der Waals surface area (Å²) < 4.78 is 7.42. The quantitative estimate of drug-likeness (QED) is 0.344. The lowest BCUT2D eigenvalue weighted by atomic mass is 9.58. The lowest BCUT2D eigenvalue weighted by Crippen LogP contribution is -2.53. The zero-order chi connectivity index (χ0) is 25.7. The minimum absolute atomic E-state index is 0. The monoisotopic (exact) mass is 562 g/mol. The first-order valence-corrected chi connectivity index (χ1v) is 14.2. The summed E-state index contributed by atoms with van der Waals surface area (Å²) in [4.78, 5) is 4.85. The zero-order valence-corrected chi connectivity index (χ0v) is 23.2. The van der Waals surface area contributed by atoms with E-state index in [1.165, 1.54) is 0 Å². The maximum atomic E-state index is 9.24. The Hall–Kier alpha value is -3.10. The van der Waals surface area contributed by atoms with Gasteiger partial charge in [-0.1, -0.05) is 11.3 Å². The predicted molar refractivity (Wildman–Crippen MR) is 153 cm³/mol. The van der Waals surface area contributed by atoms with E-state index in [0.29, 0.717) is 11.6 Å². The van der Waals surface area contributed by atoms with Gasteiger partial charge in [0.25, 0.3) is 0 Å². The highest BCUT2D eigenvalue weighted by atomic mass is 35.5. The number of fused-ring (bicyclic) bond motifs is 4. The first kappa shape index (κ1) is 26.1. The van der Waals surface area contributed by atoms with Gasteiger partial charge in [-0.15, -0.1) is 22.6 Å². The van der Waals surface area contributed by atoms with Crippen LogP contribution in [0, 0.1) is 11.3 Å². The van der Waals surface area contributed by atoms with Crippen LogP contribution in [0.15, 0.2) is 36.7 Å². The molecule has 2 bridgehead atoms. The summed E-state index contributed by atoms with van der Waals surface area (Å²) >= 11 is 1.71. The Morgan fingerprint density at radius 3 is 2.56 bits per heavy atom. The van der Waals surface area contributed by atoms with E-state index in [0.717, 1.165) is 103 Å². The van der Waals surface area contributed by atoms with Crippen LogP contribution in [-0.2, 0) is 10.2 Å². The number of aromatic nitrogens is 5. The van der Waals surface area contributed by atoms with E-state index in [-0.39, 0.29) is 23.4 Å². The number of nitrogens with zero attached hydrogens (tertiary/aromatic N) is 6. The van der Waals surface area contributed by atoms with Crippen LogP contribution in [-0.4, -0.2) is 49.6 Å². The van der Waals surface area contributed by atoms with Gasteiger partial charge < -0.3 is 15.8 Å². The van der Waals surface area contributed by atoms with E-state index in [4.69, 9.17) is 20.6 Å². The predicted octanol–water partition coefficient (Wildman–Crippen LogP) is 5.10. The van der Waals surface area contributed by atoms with Gasteiger partial charge in [0.05, 0.1) is 34.2 Å². The summed E-state index contributed by atoms with van der Waals surface area (Å²) in [5, 5.41) is 29.0. The Morgan fingerprint density at radius 1 is 1.05 bits per heavy atom. The van der Waals surface area contributed by atoms with Crippen LogP contribution in [0.2, 0.25) is 0 Å². The first-order valence-electron chi connectivity index (χ1n) is 13.4. The summed E-state index contributed by atoms with van der Waals surface area (Å²) in [6, 6.07) is 10.4. The molecule has 1 saturated heterocycles. The van der Waals surface area contributed by atoms with Gasteiger partial charge in [0.1, 0.15) is 11.1 Å². The maximum absolute atomic E-state index is 9.24. The lowest BCUT2D eigenvalue weighted by Gasteiger charge is -2.50. The molecule has 0 unspecified atom stereocenters. The Bertz CT molecular complexity index is 1530. The third-order valence-corrected chi connectivity index (χ3v) is 9.99. The van der Waals surface area contributed by atoms with Crippen molar-refractivity contribution < 1.29 is 4.74 Å². The Kier molecular flexibility index (Phi) is 6.79. The average molecular weight is 563 g/mol. The molecule has 202 valence electrons. The molecule has 8 rings (SSSR count). The van der Waals surface area contributed by atoms with Crippen molar-refractivity contribution in [1.29, 1.82) is 5.26 Å². The molecule has 4 aromatic rings. The molecule has 0 radical (unpaired) electrons. The Labute approximate surface area is 237 Å². The highest BCUT2D eigenvalue weighted by molar-refractivity contribution is 7.14. The van der Waals surface area contributed by atoms with Gasteiger partial charge >= 0.3 is 0 Å². The van der Waals surface area contributed by atoms with Crippen LogP contribution < -0.4 is 11.1 Å². The van der Waals surface area contributed by atoms with Crippen LogP contribution in [0.1, 0.15) is 61.9 Å². The molecule has 1 aliphatic heterocycles. The fraction of sp³-hybridized carbons (Fsp3) is 0.464. The number of hydrogen-bond donors (Lipinski definition) is 2. The number of nitrogens with one attached hydrogen (secondary N) is 1. The van der Waals surface area contributed by atoms with Crippen molar-refractivity contribution in [2.24, 2.45) is 5.73 Å². The van der Waals surface area contributed by atoms with Gasteiger partial charge in [0.2, 0.25) is 0 Å². The third-order valence-electron chi connectivity index (χ3n) is 8.79. The molecule has 5 heterocycles. The number of halogens is 1. The van der Waals surface area contributed by atoms with Gasteiger partial charge in [-0.2, -0.15) is 10.4 Å². The molecular weight excluding hydrogens is 532 g/mol. The molecule has 0 amide bonds. The van der Waals surface area contributed by atoms with Crippen LogP contribution in [0.4, 0.5) is 5.69 Å². The van der Waals surface area contributed by atoms with Gasteiger partial charge in [-0.3, -0.25) is 4.98 Å². The second-order valence-corrected chi connectivity index (χ2v) is 12.1. The number of rotatable bonds is 5. The van der Waals surface area contributed by atoms with E-state index < -0.39 is 0 Å². The normalized spacial score (nSPS) is 24.8. The summed E-state index contributed by atoms with van der Waals surface area (Å²) in [7, 11) is 0. The Morgan fingerprint density at radius 2 is 1.82 bits per heavy atom. The second-order valence-electron chi connectivity index (χ2n) is 11.1. The molecular formula is C28H31ClN8OS. The first-order chi connectivity index (χ1) is 18.5. The molecule has 3 N–H and O–H groups in total. The summed E-state index contributed by atoms with van der Waals surface area (Å²) in [5.41, 5.74) is 11.8. The maximum Gasteiger partial charge on any atom is 0.151 e. The van der Waals surface area contributed by atoms with Crippen molar-refractivity contribution in [3.8, 4) is 28.0 Å². The van der Waals surface area contributed by atoms with Crippen LogP contribution in [0.3, 0.4) is 0 Å². The topological polar surface area (TPSA) is 127 Å². The van der Waals surface area contributed by atoms with Gasteiger partial charge in [0, 0.05) is 42.1 Å². The van der Waals surface area contributed by atoms with Crippen molar-refractivity contribution in [3.05, 3.63) is 47.2 Å². The van der Waals surface area contributed by atoms with Crippen molar-refractivity contribution in [2.75, 3.05) is 18.5 Å². The molecule has 9 nitrogen and oxygen atoms in total. The second kappa shape index (κ2) is 10.1. The number of hydrogen-bond acceptors (Lipinski definition) is 9. The summed E-state index contributed by atoms with van der Waals surface area (Å²) in [6.07, 6.45) is 11.9. The standard InChI is InChI=1S/C28H30N8OS.ClH/c29-15-18-13-20-1-2-24(36(20)32-16-18)23-14-22(33-19-3-11-37-12-4-19)21(17-31-23)25-34-35-26(38-25)27-5-8-28(30,9-6-27)10-7-27;/h1-2,13-14,16-17,19H,3-12,30H2,(H,31,33);1H. The van der Waals surface area contributed by atoms with Gasteiger partial charge in [-0.05, 0) is 75.6 Å². The fourth-order valence-corrected chi connectivity index (χ4v) is 7.43. The number of anilines is 1. The minimum Gasteiger partial charge on any atom is -0.381 e. The van der Waals surface area contributed by atoms with E-state index in [9.17, 15) is 5.26 Å². The summed E-state index contributed by atoms with van der Waals surface area (Å²) in [6.45, 7) is 1.51. The molecule has 4 aromatic heterocycles. The molecule has 0 spiro atoms. The van der Waals surface area contributed by atoms with Crippen molar-refractivity contribution in [2.45, 2.75) is 68.4 Å². The average Bonchev–Trinajstić information content (AvgIpc) is 3.62. The van der Waals surface area contributed by atoms with E-state index >= 15 is 0 Å². The molecule has 3 aliphatic carbocycles. The molecule has 0 atom stereocenters. The molecule has 0 aromatic carbocycles. The van der Waals surface area contributed by atoms with Crippen LogP contribution >= 0.6 is 23.7 Å². The van der Waals surface area contributed by atoms with E-state index in [1.807, 2.05) is 28.9 Å². The fourth-order valence-electron chi connectivity index (χ4n) is 6.28. The minimum atomic E-state index is 0. The van der Waals surface area contributed by atoms with Crippen molar-refractivity contribution >= 4 is 34.9 Å². The van der Waals surface area contributed by atoms with Crippen LogP contribution in [0.5, 0.6) is 0 Å². The number of pyridine rings is 1. The number of nitrogens with two attached hydrogens (primary N) is 1. The smallest absolute Gasteiger partial charge is 0.151 e. The Balaban J connectivity index is 0.00000277. The van der Waals surface area contributed by atoms with Crippen molar-refractivity contribution in [1.82, 2.24) is 24.8 Å².